The summed E-state index contributed by atoms with van der Waals surface area (Å²) in [5.74, 6) is 0.883. The maximum atomic E-state index is 11.9. The van der Waals surface area contributed by atoms with Gasteiger partial charge in [-0.15, -0.1) is 0 Å². The largest absolute Gasteiger partial charge is 0.356 e. The minimum absolute atomic E-state index is 0.114. The van der Waals surface area contributed by atoms with Crippen molar-refractivity contribution in [3.05, 3.63) is 35.4 Å². The van der Waals surface area contributed by atoms with Crippen molar-refractivity contribution >= 4 is 5.91 Å². The minimum Gasteiger partial charge on any atom is -0.356 e. The molecule has 1 heterocycles. The Labute approximate surface area is 127 Å². The number of rotatable bonds is 6. The predicted octanol–water partition coefficient (Wildman–Crippen LogP) is 1.54. The van der Waals surface area contributed by atoms with Gasteiger partial charge in [0, 0.05) is 13.1 Å². The number of hydrogen-bond donors (Lipinski definition) is 2. The van der Waals surface area contributed by atoms with E-state index >= 15 is 0 Å². The Morgan fingerprint density at radius 3 is 2.48 bits per heavy atom. The molecule has 0 aliphatic carbocycles. The first-order valence-electron chi connectivity index (χ1n) is 7.90. The van der Waals surface area contributed by atoms with E-state index in [0.29, 0.717) is 13.0 Å². The number of amides is 1. The number of nitrogens with one attached hydrogen (secondary N) is 1. The molecule has 0 unspecified atom stereocenters. The standard InChI is InChI=1S/C17H27N3O/c1-20-10-7-14(8-11-20)6-9-19-17(21)12-15-2-4-16(13-18)5-3-15/h2-5,14H,6-13,18H2,1H3,(H,19,21). The summed E-state index contributed by atoms with van der Waals surface area (Å²) in [6.45, 7) is 3.72. The summed E-state index contributed by atoms with van der Waals surface area (Å²) in [5, 5.41) is 3.04. The summed E-state index contributed by atoms with van der Waals surface area (Å²) >= 11 is 0. The van der Waals surface area contributed by atoms with Gasteiger partial charge in [-0.25, -0.2) is 0 Å². The summed E-state index contributed by atoms with van der Waals surface area (Å²) in [6, 6.07) is 7.94. The zero-order valence-electron chi connectivity index (χ0n) is 13.0. The molecule has 0 atom stereocenters. The highest BCUT2D eigenvalue weighted by molar-refractivity contribution is 5.78. The fourth-order valence-corrected chi connectivity index (χ4v) is 2.81. The summed E-state index contributed by atoms with van der Waals surface area (Å²) in [6.07, 6.45) is 4.07. The Hall–Kier alpha value is -1.39. The molecule has 2 rings (SSSR count). The first-order valence-corrected chi connectivity index (χ1v) is 7.90. The number of benzene rings is 1. The number of likely N-dealkylation sites (tertiary alicyclic amines) is 1. The van der Waals surface area contributed by atoms with Crippen LogP contribution >= 0.6 is 0 Å². The van der Waals surface area contributed by atoms with Gasteiger partial charge in [-0.1, -0.05) is 24.3 Å². The monoisotopic (exact) mass is 289 g/mol. The average molecular weight is 289 g/mol. The second-order valence-electron chi connectivity index (χ2n) is 6.08. The lowest BCUT2D eigenvalue weighted by molar-refractivity contribution is -0.120. The summed E-state index contributed by atoms with van der Waals surface area (Å²) in [7, 11) is 2.17. The highest BCUT2D eigenvalue weighted by atomic mass is 16.1. The van der Waals surface area contributed by atoms with Crippen LogP contribution in [0.5, 0.6) is 0 Å². The SMILES string of the molecule is CN1CCC(CCNC(=O)Cc2ccc(CN)cc2)CC1. The molecule has 1 aromatic carbocycles. The molecule has 1 amide bonds. The summed E-state index contributed by atoms with van der Waals surface area (Å²) in [4.78, 5) is 14.3. The van der Waals surface area contributed by atoms with E-state index in [4.69, 9.17) is 5.73 Å². The zero-order valence-corrected chi connectivity index (χ0v) is 13.0. The molecule has 1 saturated heterocycles. The van der Waals surface area contributed by atoms with E-state index in [2.05, 4.69) is 17.3 Å². The van der Waals surface area contributed by atoms with Crippen LogP contribution < -0.4 is 11.1 Å². The number of nitrogens with two attached hydrogens (primary N) is 1. The first-order chi connectivity index (χ1) is 10.2. The highest BCUT2D eigenvalue weighted by Crippen LogP contribution is 2.18. The van der Waals surface area contributed by atoms with E-state index in [-0.39, 0.29) is 5.91 Å². The van der Waals surface area contributed by atoms with Crippen molar-refractivity contribution in [1.29, 1.82) is 0 Å². The van der Waals surface area contributed by atoms with Crippen LogP contribution in [-0.4, -0.2) is 37.5 Å². The fourth-order valence-electron chi connectivity index (χ4n) is 2.81. The molecule has 116 valence electrons. The van der Waals surface area contributed by atoms with Crippen LogP contribution in [-0.2, 0) is 17.8 Å². The first kappa shape index (κ1) is 16.0. The van der Waals surface area contributed by atoms with Crippen LogP contribution in [0.3, 0.4) is 0 Å². The van der Waals surface area contributed by atoms with Gasteiger partial charge in [0.1, 0.15) is 0 Å². The Morgan fingerprint density at radius 2 is 1.86 bits per heavy atom. The van der Waals surface area contributed by atoms with E-state index in [9.17, 15) is 4.79 Å². The van der Waals surface area contributed by atoms with Gasteiger partial charge < -0.3 is 16.0 Å². The van der Waals surface area contributed by atoms with E-state index in [1.807, 2.05) is 24.3 Å². The Kier molecular flexibility index (Phi) is 6.21. The van der Waals surface area contributed by atoms with Gasteiger partial charge in [0.25, 0.3) is 0 Å². The quantitative estimate of drug-likeness (QED) is 0.835. The van der Waals surface area contributed by atoms with Crippen LogP contribution in [0.4, 0.5) is 0 Å². The number of piperidine rings is 1. The normalized spacial score (nSPS) is 16.9. The Bertz CT molecular complexity index is 436. The van der Waals surface area contributed by atoms with Crippen LogP contribution in [0.15, 0.2) is 24.3 Å². The molecule has 1 aliphatic heterocycles. The fraction of sp³-hybridized carbons (Fsp3) is 0.588. The van der Waals surface area contributed by atoms with Gasteiger partial charge in [0.05, 0.1) is 6.42 Å². The highest BCUT2D eigenvalue weighted by Gasteiger charge is 2.16. The molecule has 0 spiro atoms. The van der Waals surface area contributed by atoms with E-state index in [0.717, 1.165) is 30.0 Å². The van der Waals surface area contributed by atoms with E-state index in [1.165, 1.54) is 25.9 Å². The lowest BCUT2D eigenvalue weighted by Gasteiger charge is -2.28. The maximum absolute atomic E-state index is 11.9. The molecule has 21 heavy (non-hydrogen) atoms. The summed E-state index contributed by atoms with van der Waals surface area (Å²) in [5.41, 5.74) is 7.71. The van der Waals surface area contributed by atoms with Gasteiger partial charge in [0.2, 0.25) is 5.91 Å². The molecular formula is C17H27N3O. The van der Waals surface area contributed by atoms with Crippen molar-refractivity contribution in [3.8, 4) is 0 Å². The average Bonchev–Trinajstić information content (AvgIpc) is 2.50. The third-order valence-electron chi connectivity index (χ3n) is 4.34. The molecule has 4 nitrogen and oxygen atoms in total. The lowest BCUT2D eigenvalue weighted by Crippen LogP contribution is -2.33. The van der Waals surface area contributed by atoms with Gasteiger partial charge in [-0.3, -0.25) is 4.79 Å². The number of carbonyl (C=O) groups excluding carboxylic acids is 1. The Balaban J connectivity index is 1.65. The van der Waals surface area contributed by atoms with Crippen LogP contribution in [0.1, 0.15) is 30.4 Å². The molecule has 0 radical (unpaired) electrons. The van der Waals surface area contributed by atoms with Gasteiger partial charge in [0.15, 0.2) is 0 Å². The molecule has 1 aliphatic rings. The van der Waals surface area contributed by atoms with Crippen molar-refractivity contribution in [2.24, 2.45) is 11.7 Å². The topological polar surface area (TPSA) is 58.4 Å². The van der Waals surface area contributed by atoms with Crippen molar-refractivity contribution in [2.75, 3.05) is 26.7 Å². The van der Waals surface area contributed by atoms with E-state index in [1.54, 1.807) is 0 Å². The molecule has 3 N–H and O–H groups in total. The van der Waals surface area contributed by atoms with Crippen LogP contribution in [0.25, 0.3) is 0 Å². The molecule has 1 fully saturated rings. The van der Waals surface area contributed by atoms with Crippen molar-refractivity contribution in [1.82, 2.24) is 10.2 Å². The Morgan fingerprint density at radius 1 is 1.24 bits per heavy atom. The maximum Gasteiger partial charge on any atom is 0.224 e. The van der Waals surface area contributed by atoms with Crippen LogP contribution in [0, 0.1) is 5.92 Å². The second-order valence-corrected chi connectivity index (χ2v) is 6.08. The van der Waals surface area contributed by atoms with Gasteiger partial charge in [-0.2, -0.15) is 0 Å². The number of hydrogen-bond acceptors (Lipinski definition) is 3. The lowest BCUT2D eigenvalue weighted by atomic mass is 9.94. The molecule has 1 aromatic rings. The number of nitrogens with zero attached hydrogens (tertiary/aromatic N) is 1. The van der Waals surface area contributed by atoms with Crippen molar-refractivity contribution in [3.63, 3.8) is 0 Å². The third-order valence-corrected chi connectivity index (χ3v) is 4.34. The molecule has 4 heteroatoms. The second kappa shape index (κ2) is 8.15. The molecular weight excluding hydrogens is 262 g/mol. The zero-order chi connectivity index (χ0) is 15.1. The van der Waals surface area contributed by atoms with Gasteiger partial charge in [-0.05, 0) is 56.4 Å². The van der Waals surface area contributed by atoms with Crippen molar-refractivity contribution < 1.29 is 4.79 Å². The van der Waals surface area contributed by atoms with Gasteiger partial charge >= 0.3 is 0 Å². The molecule has 0 aromatic heterocycles. The van der Waals surface area contributed by atoms with Crippen molar-refractivity contribution in [2.45, 2.75) is 32.2 Å². The third kappa shape index (κ3) is 5.48. The number of carbonyl (C=O) groups is 1. The van der Waals surface area contributed by atoms with E-state index < -0.39 is 0 Å². The predicted molar refractivity (Wildman–Crippen MR) is 85.9 cm³/mol. The molecule has 0 bridgehead atoms. The van der Waals surface area contributed by atoms with Crippen LogP contribution in [0.2, 0.25) is 0 Å². The minimum atomic E-state index is 0.114. The smallest absolute Gasteiger partial charge is 0.224 e. The summed E-state index contributed by atoms with van der Waals surface area (Å²) < 4.78 is 0. The molecule has 0 saturated carbocycles.